The zero-order chi connectivity index (χ0) is 21.2. The average molecular weight is 426 g/mol. The van der Waals surface area contributed by atoms with Gasteiger partial charge in [-0.2, -0.15) is 0 Å². The smallest absolute Gasteiger partial charge is 0.223 e. The quantitative estimate of drug-likeness (QED) is 0.506. The molecule has 0 aromatic rings. The molecule has 3 saturated heterocycles. The Labute approximate surface area is 180 Å². The predicted molar refractivity (Wildman–Crippen MR) is 113 cm³/mol. The zero-order valence-corrected chi connectivity index (χ0v) is 18.2. The Morgan fingerprint density at radius 3 is 2.53 bits per heavy atom. The van der Waals surface area contributed by atoms with Crippen molar-refractivity contribution in [1.82, 2.24) is 15.5 Å². The van der Waals surface area contributed by atoms with Crippen LogP contribution in [0.15, 0.2) is 0 Å². The molecule has 30 heavy (non-hydrogen) atoms. The van der Waals surface area contributed by atoms with Gasteiger partial charge < -0.3 is 30.1 Å². The molecule has 2 amide bonds. The summed E-state index contributed by atoms with van der Waals surface area (Å²) in [6.45, 7) is 4.80. The van der Waals surface area contributed by atoms with E-state index in [4.69, 9.17) is 9.47 Å². The second-order valence-corrected chi connectivity index (χ2v) is 8.85. The van der Waals surface area contributed by atoms with Crippen molar-refractivity contribution in [2.75, 3.05) is 46.0 Å². The summed E-state index contributed by atoms with van der Waals surface area (Å²) < 4.78 is 11.3. The van der Waals surface area contributed by atoms with E-state index in [-0.39, 0.29) is 42.6 Å². The second kappa shape index (κ2) is 12.6. The maximum absolute atomic E-state index is 12.5. The first-order valence-electron chi connectivity index (χ1n) is 11.8. The molecule has 0 aliphatic carbocycles. The number of amides is 2. The summed E-state index contributed by atoms with van der Waals surface area (Å²) in [5.41, 5.74) is 0. The number of nitrogens with one attached hydrogen (secondary N) is 2. The van der Waals surface area contributed by atoms with Gasteiger partial charge in [0.2, 0.25) is 11.8 Å². The van der Waals surface area contributed by atoms with E-state index in [1.54, 1.807) is 0 Å². The van der Waals surface area contributed by atoms with Crippen molar-refractivity contribution in [2.24, 2.45) is 5.92 Å². The molecular formula is C22H39N3O5. The second-order valence-electron chi connectivity index (χ2n) is 8.85. The third kappa shape index (κ3) is 7.48. The van der Waals surface area contributed by atoms with E-state index < -0.39 is 0 Å². The summed E-state index contributed by atoms with van der Waals surface area (Å²) in [6.07, 6.45) is 7.78. The summed E-state index contributed by atoms with van der Waals surface area (Å²) in [5.74, 6) is 0.137. The molecule has 3 atom stereocenters. The molecule has 0 bridgehead atoms. The summed E-state index contributed by atoms with van der Waals surface area (Å²) in [4.78, 5) is 26.9. The van der Waals surface area contributed by atoms with Crippen molar-refractivity contribution >= 4 is 11.8 Å². The van der Waals surface area contributed by atoms with Gasteiger partial charge in [-0.1, -0.05) is 6.42 Å². The van der Waals surface area contributed by atoms with Crippen LogP contribution < -0.4 is 10.6 Å². The Bertz CT molecular complexity index is 535. The third-order valence-corrected chi connectivity index (χ3v) is 6.61. The molecule has 3 fully saturated rings. The number of hydrogen-bond donors (Lipinski definition) is 3. The Balaban J connectivity index is 1.31. The summed E-state index contributed by atoms with van der Waals surface area (Å²) in [5, 5.41) is 15.8. The molecule has 172 valence electrons. The van der Waals surface area contributed by atoms with E-state index in [1.165, 1.54) is 19.3 Å². The van der Waals surface area contributed by atoms with Crippen molar-refractivity contribution in [3.63, 3.8) is 0 Å². The summed E-state index contributed by atoms with van der Waals surface area (Å²) in [7, 11) is 0. The highest BCUT2D eigenvalue weighted by Gasteiger charge is 2.33. The minimum atomic E-state index is -0.387. The van der Waals surface area contributed by atoms with Crippen LogP contribution in [0, 0.1) is 5.92 Å². The molecule has 3 rings (SSSR count). The molecule has 0 spiro atoms. The molecule has 0 radical (unpaired) electrons. The van der Waals surface area contributed by atoms with Crippen molar-refractivity contribution in [3.8, 4) is 0 Å². The third-order valence-electron chi connectivity index (χ3n) is 6.61. The van der Waals surface area contributed by atoms with Gasteiger partial charge in [-0.3, -0.25) is 9.59 Å². The molecular weight excluding hydrogens is 386 g/mol. The van der Waals surface area contributed by atoms with Crippen molar-refractivity contribution in [3.05, 3.63) is 0 Å². The van der Waals surface area contributed by atoms with Gasteiger partial charge in [-0.15, -0.1) is 0 Å². The van der Waals surface area contributed by atoms with Crippen LogP contribution in [0.2, 0.25) is 0 Å². The fourth-order valence-electron chi connectivity index (χ4n) is 4.67. The average Bonchev–Trinajstić information content (AvgIpc) is 2.79. The lowest BCUT2D eigenvalue weighted by molar-refractivity contribution is -0.135. The molecule has 8 heteroatoms. The van der Waals surface area contributed by atoms with Crippen LogP contribution in [0.4, 0.5) is 0 Å². The molecule has 3 aliphatic heterocycles. The molecule has 0 aromatic heterocycles. The van der Waals surface area contributed by atoms with Crippen LogP contribution in [0.25, 0.3) is 0 Å². The fourth-order valence-corrected chi connectivity index (χ4v) is 4.67. The maximum atomic E-state index is 12.5. The number of ether oxygens (including phenoxy) is 2. The topological polar surface area (TPSA) is 100 Å². The van der Waals surface area contributed by atoms with E-state index in [0.717, 1.165) is 51.7 Å². The van der Waals surface area contributed by atoms with Crippen LogP contribution in [0.5, 0.6) is 0 Å². The van der Waals surface area contributed by atoms with Gasteiger partial charge in [-0.25, -0.2) is 0 Å². The van der Waals surface area contributed by atoms with Crippen molar-refractivity contribution in [2.45, 2.75) is 76.0 Å². The summed E-state index contributed by atoms with van der Waals surface area (Å²) in [6, 6.07) is -0.152. The Morgan fingerprint density at radius 2 is 1.80 bits per heavy atom. The molecule has 3 heterocycles. The van der Waals surface area contributed by atoms with Crippen LogP contribution in [-0.4, -0.2) is 86.1 Å². The Morgan fingerprint density at radius 1 is 1.03 bits per heavy atom. The highest BCUT2D eigenvalue weighted by Crippen LogP contribution is 2.23. The van der Waals surface area contributed by atoms with Gasteiger partial charge >= 0.3 is 0 Å². The normalized spacial score (nSPS) is 28.8. The molecule has 0 unspecified atom stereocenters. The van der Waals surface area contributed by atoms with E-state index in [2.05, 4.69) is 15.5 Å². The largest absolute Gasteiger partial charge is 0.394 e. The SMILES string of the molecule is O=C(CCN1CCCCC1)NCC[C@H]1CC[C@H](NC(=O)C2CCOCC2)[C@@H](CO)O1. The first-order valence-corrected chi connectivity index (χ1v) is 11.8. The number of nitrogens with zero attached hydrogens (tertiary/aromatic N) is 1. The number of aliphatic hydroxyl groups is 1. The standard InChI is InChI=1S/C22H39N3O5/c26-16-20-19(24-22(28)17-8-14-29-15-9-17)5-4-18(30-20)6-10-23-21(27)7-13-25-11-2-1-3-12-25/h17-20,26H,1-16H2,(H,23,27)(H,24,28)/t18-,19+,20-/m1/s1. The highest BCUT2D eigenvalue weighted by molar-refractivity contribution is 5.79. The fraction of sp³-hybridized carbons (Fsp3) is 0.909. The minimum absolute atomic E-state index is 0.000720. The van der Waals surface area contributed by atoms with Crippen LogP contribution in [0.3, 0.4) is 0 Å². The van der Waals surface area contributed by atoms with E-state index in [0.29, 0.717) is 26.2 Å². The number of hydrogen-bond acceptors (Lipinski definition) is 6. The molecule has 0 aromatic carbocycles. The van der Waals surface area contributed by atoms with Crippen LogP contribution >= 0.6 is 0 Å². The Hall–Kier alpha value is -1.22. The van der Waals surface area contributed by atoms with Gasteiger partial charge in [0.25, 0.3) is 0 Å². The van der Waals surface area contributed by atoms with Crippen molar-refractivity contribution < 1.29 is 24.2 Å². The lowest BCUT2D eigenvalue weighted by atomic mass is 9.94. The van der Waals surface area contributed by atoms with Gasteiger partial charge in [0.15, 0.2) is 0 Å². The number of likely N-dealkylation sites (tertiary alicyclic amines) is 1. The van der Waals surface area contributed by atoms with E-state index in [9.17, 15) is 14.7 Å². The number of piperidine rings is 1. The lowest BCUT2D eigenvalue weighted by Gasteiger charge is -2.37. The monoisotopic (exact) mass is 425 g/mol. The van der Waals surface area contributed by atoms with Gasteiger partial charge in [-0.05, 0) is 58.0 Å². The zero-order valence-electron chi connectivity index (χ0n) is 18.2. The van der Waals surface area contributed by atoms with E-state index in [1.807, 2.05) is 0 Å². The maximum Gasteiger partial charge on any atom is 0.223 e. The van der Waals surface area contributed by atoms with E-state index >= 15 is 0 Å². The summed E-state index contributed by atoms with van der Waals surface area (Å²) >= 11 is 0. The molecule has 3 aliphatic rings. The van der Waals surface area contributed by atoms with Crippen LogP contribution in [-0.2, 0) is 19.1 Å². The number of carbonyl (C=O) groups is 2. The molecule has 0 saturated carbocycles. The Kier molecular flexibility index (Phi) is 9.84. The number of rotatable bonds is 9. The minimum Gasteiger partial charge on any atom is -0.394 e. The van der Waals surface area contributed by atoms with Gasteiger partial charge in [0, 0.05) is 38.6 Å². The van der Waals surface area contributed by atoms with Crippen LogP contribution in [0.1, 0.15) is 57.8 Å². The predicted octanol–water partition coefficient (Wildman–Crippen LogP) is 0.820. The first kappa shape index (κ1) is 23.4. The first-order chi connectivity index (χ1) is 14.7. The number of aliphatic hydroxyl groups excluding tert-OH is 1. The van der Waals surface area contributed by atoms with Gasteiger partial charge in [0.05, 0.1) is 18.8 Å². The molecule has 8 nitrogen and oxygen atoms in total. The van der Waals surface area contributed by atoms with Gasteiger partial charge in [0.1, 0.15) is 6.10 Å². The number of carbonyl (C=O) groups excluding carboxylic acids is 2. The molecule has 3 N–H and O–H groups in total. The van der Waals surface area contributed by atoms with Crippen molar-refractivity contribution in [1.29, 1.82) is 0 Å². The lowest BCUT2D eigenvalue weighted by Crippen LogP contribution is -2.52. The highest BCUT2D eigenvalue weighted by atomic mass is 16.5.